The van der Waals surface area contributed by atoms with Crippen LogP contribution in [0.5, 0.6) is 17.4 Å². The van der Waals surface area contributed by atoms with Crippen LogP contribution < -0.4 is 19.5 Å². The normalized spacial score (nSPS) is 13.7. The van der Waals surface area contributed by atoms with Crippen molar-refractivity contribution in [3.05, 3.63) is 53.9 Å². The third-order valence-corrected chi connectivity index (χ3v) is 5.26. The second-order valence-electron chi connectivity index (χ2n) is 7.35. The molecule has 0 bridgehead atoms. The van der Waals surface area contributed by atoms with Crippen molar-refractivity contribution in [1.82, 2.24) is 15.5 Å². The molecule has 1 aromatic carbocycles. The highest BCUT2D eigenvalue weighted by Crippen LogP contribution is 2.33. The molecule has 0 aliphatic heterocycles. The number of aromatic nitrogens is 2. The van der Waals surface area contributed by atoms with Gasteiger partial charge in [-0.2, -0.15) is 0 Å². The van der Waals surface area contributed by atoms with E-state index in [0.717, 1.165) is 18.4 Å². The molecular formula is C23H25N3O5. The van der Waals surface area contributed by atoms with Crippen LogP contribution in [0, 0.1) is 0 Å². The molecule has 8 nitrogen and oxygen atoms in total. The second kappa shape index (κ2) is 9.51. The van der Waals surface area contributed by atoms with E-state index in [-0.39, 0.29) is 17.7 Å². The summed E-state index contributed by atoms with van der Waals surface area (Å²) >= 11 is 0. The van der Waals surface area contributed by atoms with E-state index in [4.69, 9.17) is 18.7 Å². The SMILES string of the molecule is COc1ccc(OC)c(-c2cc(C(=O)NCc3ccc(OC4CCCC4)nc3)no2)c1. The van der Waals surface area contributed by atoms with E-state index >= 15 is 0 Å². The summed E-state index contributed by atoms with van der Waals surface area (Å²) in [5.74, 6) is 1.93. The third-order valence-electron chi connectivity index (χ3n) is 5.26. The molecule has 4 rings (SSSR count). The minimum atomic E-state index is -0.344. The highest BCUT2D eigenvalue weighted by molar-refractivity contribution is 5.93. The van der Waals surface area contributed by atoms with Gasteiger partial charge in [0.2, 0.25) is 5.88 Å². The zero-order valence-electron chi connectivity index (χ0n) is 17.6. The number of ether oxygens (including phenoxy) is 3. The number of nitrogens with zero attached hydrogens (tertiary/aromatic N) is 2. The summed E-state index contributed by atoms with van der Waals surface area (Å²) in [6, 6.07) is 10.6. The quantitative estimate of drug-likeness (QED) is 0.585. The van der Waals surface area contributed by atoms with E-state index in [1.807, 2.05) is 12.1 Å². The molecule has 2 heterocycles. The first-order valence-electron chi connectivity index (χ1n) is 10.2. The fourth-order valence-corrected chi connectivity index (χ4v) is 3.55. The predicted octanol–water partition coefficient (Wildman–Crippen LogP) is 4.01. The average molecular weight is 423 g/mol. The van der Waals surface area contributed by atoms with Crippen molar-refractivity contribution in [3.63, 3.8) is 0 Å². The van der Waals surface area contributed by atoms with Gasteiger partial charge in [-0.1, -0.05) is 11.2 Å². The molecule has 2 aromatic heterocycles. The number of hydrogen-bond acceptors (Lipinski definition) is 7. The molecule has 162 valence electrons. The summed E-state index contributed by atoms with van der Waals surface area (Å²) in [5.41, 5.74) is 1.69. The zero-order valence-corrected chi connectivity index (χ0v) is 17.6. The number of carbonyl (C=O) groups excluding carboxylic acids is 1. The van der Waals surface area contributed by atoms with Gasteiger partial charge in [0, 0.05) is 24.9 Å². The van der Waals surface area contributed by atoms with Crippen LogP contribution in [0.15, 0.2) is 47.1 Å². The fourth-order valence-electron chi connectivity index (χ4n) is 3.55. The standard InChI is InChI=1S/C23H25N3O5/c1-28-17-8-9-20(29-2)18(11-17)21-12-19(26-31-21)23(27)25-14-15-7-10-22(24-13-15)30-16-5-3-4-6-16/h7-13,16H,3-6,14H2,1-2H3,(H,25,27). The molecule has 1 saturated carbocycles. The first-order chi connectivity index (χ1) is 15.2. The molecular weight excluding hydrogens is 398 g/mol. The Hall–Kier alpha value is -3.55. The van der Waals surface area contributed by atoms with Gasteiger partial charge in [0.15, 0.2) is 11.5 Å². The number of methoxy groups -OCH3 is 2. The summed E-state index contributed by atoms with van der Waals surface area (Å²) in [6.45, 7) is 0.320. The van der Waals surface area contributed by atoms with E-state index in [9.17, 15) is 4.79 Å². The highest BCUT2D eigenvalue weighted by atomic mass is 16.5. The van der Waals surface area contributed by atoms with Gasteiger partial charge in [0.1, 0.15) is 17.6 Å². The Balaban J connectivity index is 1.37. The Kier molecular flexibility index (Phi) is 6.35. The lowest BCUT2D eigenvalue weighted by atomic mass is 10.1. The maximum atomic E-state index is 12.5. The minimum absolute atomic E-state index is 0.175. The lowest BCUT2D eigenvalue weighted by Gasteiger charge is -2.12. The summed E-state index contributed by atoms with van der Waals surface area (Å²) in [4.78, 5) is 16.8. The molecule has 1 aliphatic carbocycles. The van der Waals surface area contributed by atoms with Crippen LogP contribution in [0.1, 0.15) is 41.7 Å². The fraction of sp³-hybridized carbons (Fsp3) is 0.348. The molecule has 0 saturated heterocycles. The maximum absolute atomic E-state index is 12.5. The summed E-state index contributed by atoms with van der Waals surface area (Å²) in [5, 5.41) is 6.71. The molecule has 1 fully saturated rings. The molecule has 31 heavy (non-hydrogen) atoms. The van der Waals surface area contributed by atoms with Crippen LogP contribution in [0.25, 0.3) is 11.3 Å². The predicted molar refractivity (Wildman–Crippen MR) is 113 cm³/mol. The molecule has 8 heteroatoms. The van der Waals surface area contributed by atoms with Crippen molar-refractivity contribution < 1.29 is 23.5 Å². The molecule has 1 N–H and O–H groups in total. The number of nitrogens with one attached hydrogen (secondary N) is 1. The van der Waals surface area contributed by atoms with Crippen LogP contribution in [0.3, 0.4) is 0 Å². The van der Waals surface area contributed by atoms with Crippen LogP contribution in [-0.2, 0) is 6.54 Å². The van der Waals surface area contributed by atoms with Crippen molar-refractivity contribution >= 4 is 5.91 Å². The third kappa shape index (κ3) is 4.96. The Morgan fingerprint density at radius 1 is 1.13 bits per heavy atom. The first-order valence-corrected chi connectivity index (χ1v) is 10.2. The van der Waals surface area contributed by atoms with Gasteiger partial charge in [-0.15, -0.1) is 0 Å². The summed E-state index contributed by atoms with van der Waals surface area (Å²) < 4.78 is 21.9. The van der Waals surface area contributed by atoms with Gasteiger partial charge >= 0.3 is 0 Å². The van der Waals surface area contributed by atoms with Crippen LogP contribution in [-0.4, -0.2) is 36.4 Å². The van der Waals surface area contributed by atoms with Crippen molar-refractivity contribution in [3.8, 4) is 28.7 Å². The zero-order chi connectivity index (χ0) is 21.6. The number of amides is 1. The van der Waals surface area contributed by atoms with E-state index in [1.165, 1.54) is 12.8 Å². The number of carbonyl (C=O) groups is 1. The lowest BCUT2D eigenvalue weighted by Crippen LogP contribution is -2.23. The van der Waals surface area contributed by atoms with Gasteiger partial charge in [-0.05, 0) is 49.4 Å². The Morgan fingerprint density at radius 3 is 2.68 bits per heavy atom. The lowest BCUT2D eigenvalue weighted by molar-refractivity contribution is 0.0942. The van der Waals surface area contributed by atoms with Crippen molar-refractivity contribution in [2.45, 2.75) is 38.3 Å². The molecule has 3 aromatic rings. The highest BCUT2D eigenvalue weighted by Gasteiger charge is 2.18. The number of pyridine rings is 1. The maximum Gasteiger partial charge on any atom is 0.273 e. The summed E-state index contributed by atoms with van der Waals surface area (Å²) in [6.07, 6.45) is 6.57. The van der Waals surface area contributed by atoms with Gasteiger partial charge in [0.25, 0.3) is 5.91 Å². The smallest absolute Gasteiger partial charge is 0.273 e. The van der Waals surface area contributed by atoms with E-state index in [0.29, 0.717) is 35.2 Å². The molecule has 1 aliphatic rings. The van der Waals surface area contributed by atoms with E-state index in [1.54, 1.807) is 44.7 Å². The van der Waals surface area contributed by atoms with E-state index in [2.05, 4.69) is 15.5 Å². The Labute approximate surface area is 180 Å². The molecule has 1 amide bonds. The Morgan fingerprint density at radius 2 is 1.97 bits per heavy atom. The van der Waals surface area contributed by atoms with Crippen LogP contribution in [0.4, 0.5) is 0 Å². The van der Waals surface area contributed by atoms with Crippen molar-refractivity contribution in [2.24, 2.45) is 0 Å². The average Bonchev–Trinajstić information content (AvgIpc) is 3.50. The molecule has 0 spiro atoms. The molecule has 0 unspecified atom stereocenters. The van der Waals surface area contributed by atoms with Crippen molar-refractivity contribution in [2.75, 3.05) is 14.2 Å². The van der Waals surface area contributed by atoms with E-state index < -0.39 is 0 Å². The second-order valence-corrected chi connectivity index (χ2v) is 7.35. The van der Waals surface area contributed by atoms with Crippen LogP contribution >= 0.6 is 0 Å². The monoisotopic (exact) mass is 423 g/mol. The number of benzene rings is 1. The van der Waals surface area contributed by atoms with Crippen LogP contribution in [0.2, 0.25) is 0 Å². The molecule has 0 radical (unpaired) electrons. The topological polar surface area (TPSA) is 95.7 Å². The molecule has 0 atom stereocenters. The van der Waals surface area contributed by atoms with Gasteiger partial charge in [-0.3, -0.25) is 4.79 Å². The largest absolute Gasteiger partial charge is 0.497 e. The minimum Gasteiger partial charge on any atom is -0.497 e. The summed E-state index contributed by atoms with van der Waals surface area (Å²) in [7, 11) is 3.14. The van der Waals surface area contributed by atoms with Gasteiger partial charge < -0.3 is 24.1 Å². The first kappa shape index (κ1) is 20.7. The van der Waals surface area contributed by atoms with Gasteiger partial charge in [0.05, 0.1) is 19.8 Å². The number of rotatable bonds is 8. The van der Waals surface area contributed by atoms with Gasteiger partial charge in [-0.25, -0.2) is 4.98 Å². The van der Waals surface area contributed by atoms with Crippen molar-refractivity contribution in [1.29, 1.82) is 0 Å². The number of hydrogen-bond donors (Lipinski definition) is 1. The Bertz CT molecular complexity index is 1030.